The van der Waals surface area contributed by atoms with Gasteiger partial charge in [0.25, 0.3) is 9.84 Å². The van der Waals surface area contributed by atoms with Gasteiger partial charge in [-0.3, -0.25) is 4.79 Å². The van der Waals surface area contributed by atoms with Crippen LogP contribution in [0.2, 0.25) is 0 Å². The first-order valence-corrected chi connectivity index (χ1v) is 7.46. The predicted octanol–water partition coefficient (Wildman–Crippen LogP) is 1.96. The molecule has 19 heavy (non-hydrogen) atoms. The Morgan fingerprint density at radius 1 is 1.32 bits per heavy atom. The van der Waals surface area contributed by atoms with Crippen LogP contribution in [0.1, 0.15) is 25.7 Å². The van der Waals surface area contributed by atoms with Crippen molar-refractivity contribution in [3.8, 4) is 0 Å². The minimum atomic E-state index is -5.23. The summed E-state index contributed by atoms with van der Waals surface area (Å²) in [4.78, 5) is 11.6. The minimum Gasteiger partial charge on any atom is -0.465 e. The number of halogens is 3. The summed E-state index contributed by atoms with van der Waals surface area (Å²) < 4.78 is 63.7. The quantitative estimate of drug-likeness (QED) is 0.577. The Balaban J connectivity index is 2.09. The predicted molar refractivity (Wildman–Crippen MR) is 59.8 cm³/mol. The third-order valence-electron chi connectivity index (χ3n) is 3.68. The summed E-state index contributed by atoms with van der Waals surface area (Å²) in [7, 11) is -5.13. The molecule has 4 nitrogen and oxygen atoms in total. The Bertz CT molecular complexity index is 521. The second-order valence-corrected chi connectivity index (χ2v) is 6.92. The number of cyclic esters (lactones) is 1. The van der Waals surface area contributed by atoms with Crippen molar-refractivity contribution >= 4 is 15.8 Å². The highest BCUT2D eigenvalue weighted by Gasteiger charge is 2.48. The van der Waals surface area contributed by atoms with Crippen LogP contribution in [0, 0.1) is 5.41 Å². The second-order valence-electron chi connectivity index (χ2n) is 4.94. The summed E-state index contributed by atoms with van der Waals surface area (Å²) in [6.45, 7) is 0.322. The van der Waals surface area contributed by atoms with E-state index in [1.54, 1.807) is 0 Å². The number of hydrogen-bond donors (Lipinski definition) is 0. The monoisotopic (exact) mass is 298 g/mol. The van der Waals surface area contributed by atoms with Crippen molar-refractivity contribution in [2.45, 2.75) is 31.2 Å². The highest BCUT2D eigenvalue weighted by molar-refractivity contribution is 7.92. The lowest BCUT2D eigenvalue weighted by atomic mass is 9.74. The SMILES string of the molecule is O=C1OCCC12CC=C(CS(=O)(=O)C(F)(F)F)CC2. The van der Waals surface area contributed by atoms with Crippen molar-refractivity contribution < 1.29 is 31.1 Å². The van der Waals surface area contributed by atoms with Crippen LogP contribution in [0.5, 0.6) is 0 Å². The maximum atomic E-state index is 12.3. The summed E-state index contributed by atoms with van der Waals surface area (Å²) in [5.41, 5.74) is -5.65. The molecule has 1 fully saturated rings. The van der Waals surface area contributed by atoms with E-state index in [4.69, 9.17) is 4.74 Å². The molecule has 1 atom stereocenters. The van der Waals surface area contributed by atoms with Gasteiger partial charge in [-0.1, -0.05) is 11.6 Å². The van der Waals surface area contributed by atoms with E-state index in [0.29, 0.717) is 19.4 Å². The van der Waals surface area contributed by atoms with Crippen LogP contribution < -0.4 is 0 Å². The first-order valence-electron chi connectivity index (χ1n) is 5.80. The zero-order valence-corrected chi connectivity index (χ0v) is 10.8. The van der Waals surface area contributed by atoms with Gasteiger partial charge >= 0.3 is 11.5 Å². The molecule has 1 spiro atoms. The molecular weight excluding hydrogens is 285 g/mol. The molecule has 1 aliphatic carbocycles. The Hall–Kier alpha value is -1.05. The lowest BCUT2D eigenvalue weighted by molar-refractivity contribution is -0.146. The number of rotatable bonds is 2. The molecule has 0 aromatic heterocycles. The number of allylic oxidation sites excluding steroid dienone is 1. The molecule has 1 aliphatic heterocycles. The van der Waals surface area contributed by atoms with Crippen LogP contribution in [-0.4, -0.2) is 32.3 Å². The normalized spacial score (nSPS) is 28.4. The van der Waals surface area contributed by atoms with Gasteiger partial charge in [-0.2, -0.15) is 13.2 Å². The molecular formula is C11H13F3O4S. The first kappa shape index (κ1) is 14.4. The van der Waals surface area contributed by atoms with Crippen LogP contribution in [0.3, 0.4) is 0 Å². The molecule has 0 aromatic carbocycles. The average Bonchev–Trinajstić information content (AvgIpc) is 2.62. The van der Waals surface area contributed by atoms with Gasteiger partial charge in [0.1, 0.15) is 0 Å². The van der Waals surface area contributed by atoms with E-state index in [2.05, 4.69) is 0 Å². The topological polar surface area (TPSA) is 60.4 Å². The van der Waals surface area contributed by atoms with Gasteiger partial charge in [0.2, 0.25) is 0 Å². The highest BCUT2D eigenvalue weighted by atomic mass is 32.2. The van der Waals surface area contributed by atoms with E-state index < -0.39 is 26.5 Å². The van der Waals surface area contributed by atoms with Crippen molar-refractivity contribution in [2.75, 3.05) is 12.4 Å². The van der Waals surface area contributed by atoms with E-state index in [1.807, 2.05) is 0 Å². The van der Waals surface area contributed by atoms with Gasteiger partial charge in [0, 0.05) is 0 Å². The fourth-order valence-corrected chi connectivity index (χ4v) is 3.32. The first-order chi connectivity index (χ1) is 8.66. The van der Waals surface area contributed by atoms with Crippen molar-refractivity contribution in [3.05, 3.63) is 11.6 Å². The van der Waals surface area contributed by atoms with Crippen molar-refractivity contribution in [3.63, 3.8) is 0 Å². The van der Waals surface area contributed by atoms with E-state index >= 15 is 0 Å². The third kappa shape index (κ3) is 2.63. The van der Waals surface area contributed by atoms with Crippen LogP contribution in [0.4, 0.5) is 13.2 Å². The average molecular weight is 298 g/mol. The Labute approximate surface area is 108 Å². The molecule has 1 unspecified atom stereocenters. The second kappa shape index (κ2) is 4.50. The molecule has 0 N–H and O–H groups in total. The molecule has 1 heterocycles. The molecule has 0 bridgehead atoms. The minimum absolute atomic E-state index is 0.185. The highest BCUT2D eigenvalue weighted by Crippen LogP contribution is 2.43. The van der Waals surface area contributed by atoms with Gasteiger partial charge in [-0.25, -0.2) is 8.42 Å². The smallest absolute Gasteiger partial charge is 0.465 e. The molecule has 1 saturated heterocycles. The van der Waals surface area contributed by atoms with Crippen molar-refractivity contribution in [1.29, 1.82) is 0 Å². The summed E-state index contributed by atoms with van der Waals surface area (Å²) in [5.74, 6) is -1.34. The Morgan fingerprint density at radius 3 is 2.42 bits per heavy atom. The number of alkyl halides is 3. The molecule has 2 aliphatic rings. The summed E-state index contributed by atoms with van der Waals surface area (Å²) in [5, 5.41) is 0. The lowest BCUT2D eigenvalue weighted by Crippen LogP contribution is -2.31. The summed E-state index contributed by atoms with van der Waals surface area (Å²) >= 11 is 0. The van der Waals surface area contributed by atoms with Crippen LogP contribution in [0.25, 0.3) is 0 Å². The molecule has 108 valence electrons. The Kier molecular flexibility index (Phi) is 3.40. The molecule has 2 rings (SSSR count). The molecule has 0 amide bonds. The van der Waals surface area contributed by atoms with Crippen LogP contribution >= 0.6 is 0 Å². The zero-order chi connectivity index (χ0) is 14.3. The number of esters is 1. The number of carbonyl (C=O) groups is 1. The van der Waals surface area contributed by atoms with Gasteiger partial charge in [0.05, 0.1) is 17.8 Å². The Morgan fingerprint density at radius 2 is 2.00 bits per heavy atom. The maximum Gasteiger partial charge on any atom is 0.497 e. The molecule has 0 aromatic rings. The van der Waals surface area contributed by atoms with Crippen LogP contribution in [-0.2, 0) is 19.4 Å². The van der Waals surface area contributed by atoms with E-state index in [9.17, 15) is 26.4 Å². The van der Waals surface area contributed by atoms with E-state index in [-0.39, 0.29) is 24.4 Å². The standard InChI is InChI=1S/C11H13F3O4S/c12-11(13,14)19(16,17)7-8-1-3-10(4-2-8)5-6-18-9(10)15/h1H,2-7H2. The van der Waals surface area contributed by atoms with Crippen LogP contribution in [0.15, 0.2) is 11.6 Å². The molecule has 0 saturated carbocycles. The summed E-state index contributed by atoms with van der Waals surface area (Å²) in [6.07, 6.45) is 2.78. The number of sulfone groups is 1. The van der Waals surface area contributed by atoms with Gasteiger partial charge in [0.15, 0.2) is 0 Å². The molecule has 8 heteroatoms. The number of ether oxygens (including phenoxy) is 1. The number of hydrogen-bond acceptors (Lipinski definition) is 4. The lowest BCUT2D eigenvalue weighted by Gasteiger charge is -2.28. The van der Waals surface area contributed by atoms with E-state index in [0.717, 1.165) is 0 Å². The largest absolute Gasteiger partial charge is 0.497 e. The van der Waals surface area contributed by atoms with Gasteiger partial charge in [-0.05, 0) is 25.7 Å². The van der Waals surface area contributed by atoms with Crippen molar-refractivity contribution in [1.82, 2.24) is 0 Å². The zero-order valence-electron chi connectivity index (χ0n) is 10.00. The molecule has 0 radical (unpaired) electrons. The van der Waals surface area contributed by atoms with Gasteiger partial charge < -0.3 is 4.74 Å². The fourth-order valence-electron chi connectivity index (χ4n) is 2.41. The summed E-state index contributed by atoms with van der Waals surface area (Å²) in [6, 6.07) is 0. The maximum absolute atomic E-state index is 12.3. The van der Waals surface area contributed by atoms with E-state index in [1.165, 1.54) is 6.08 Å². The fraction of sp³-hybridized carbons (Fsp3) is 0.727. The van der Waals surface area contributed by atoms with Gasteiger partial charge in [-0.15, -0.1) is 0 Å². The number of carbonyl (C=O) groups excluding carboxylic acids is 1. The third-order valence-corrected chi connectivity index (χ3v) is 5.14. The van der Waals surface area contributed by atoms with Crippen molar-refractivity contribution in [2.24, 2.45) is 5.41 Å².